The van der Waals surface area contributed by atoms with Crippen molar-refractivity contribution in [3.8, 4) is 11.1 Å². The molecule has 0 saturated carbocycles. The van der Waals surface area contributed by atoms with Gasteiger partial charge in [0.05, 0.1) is 25.5 Å². The average Bonchev–Trinajstić information content (AvgIpc) is 2.54. The van der Waals surface area contributed by atoms with E-state index in [1.807, 2.05) is 18.2 Å². The van der Waals surface area contributed by atoms with E-state index in [1.54, 1.807) is 30.3 Å². The van der Waals surface area contributed by atoms with Gasteiger partial charge in [0.15, 0.2) is 0 Å². The maximum absolute atomic E-state index is 11.9. The number of anilines is 1. The topological polar surface area (TPSA) is 64.6 Å². The number of hydrogen-bond acceptors (Lipinski definition) is 4. The molecular weight excluding hydrogens is 270 g/mol. The molecular formula is C16H15NO4. The molecule has 0 aromatic heterocycles. The normalized spacial score (nSPS) is 9.81. The highest BCUT2D eigenvalue weighted by Crippen LogP contribution is 2.31. The van der Waals surface area contributed by atoms with Gasteiger partial charge in [-0.05, 0) is 17.7 Å². The molecule has 0 heterocycles. The molecule has 108 valence electrons. The number of carbonyl (C=O) groups is 2. The predicted molar refractivity (Wildman–Crippen MR) is 79.2 cm³/mol. The molecule has 0 aliphatic rings. The van der Waals surface area contributed by atoms with E-state index >= 15 is 0 Å². The Morgan fingerprint density at radius 3 is 2.14 bits per heavy atom. The van der Waals surface area contributed by atoms with E-state index in [0.29, 0.717) is 22.4 Å². The molecule has 0 unspecified atom stereocenters. The number of methoxy groups -OCH3 is 2. The average molecular weight is 285 g/mol. The molecule has 1 N–H and O–H groups in total. The lowest BCUT2D eigenvalue weighted by atomic mass is 9.98. The first-order chi connectivity index (χ1) is 10.2. The third-order valence-electron chi connectivity index (χ3n) is 2.97. The van der Waals surface area contributed by atoms with Crippen molar-refractivity contribution < 1.29 is 19.1 Å². The van der Waals surface area contributed by atoms with E-state index in [0.717, 1.165) is 0 Å². The van der Waals surface area contributed by atoms with Crippen LogP contribution in [0.25, 0.3) is 11.1 Å². The van der Waals surface area contributed by atoms with E-state index < -0.39 is 12.1 Å². The maximum atomic E-state index is 11.9. The summed E-state index contributed by atoms with van der Waals surface area (Å²) in [6, 6.07) is 14.2. The van der Waals surface area contributed by atoms with Crippen molar-refractivity contribution in [2.24, 2.45) is 0 Å². The van der Waals surface area contributed by atoms with E-state index in [1.165, 1.54) is 14.2 Å². The van der Waals surface area contributed by atoms with Crippen LogP contribution in [0.2, 0.25) is 0 Å². The summed E-state index contributed by atoms with van der Waals surface area (Å²) >= 11 is 0. The van der Waals surface area contributed by atoms with Gasteiger partial charge in [-0.2, -0.15) is 0 Å². The Bertz CT molecular complexity index is 667. The Kier molecular flexibility index (Phi) is 4.56. The minimum atomic E-state index is -0.571. The van der Waals surface area contributed by atoms with Crippen molar-refractivity contribution in [3.05, 3.63) is 54.1 Å². The molecule has 5 nitrogen and oxygen atoms in total. The van der Waals surface area contributed by atoms with Crippen molar-refractivity contribution in [1.29, 1.82) is 0 Å². The zero-order valence-electron chi connectivity index (χ0n) is 11.8. The SMILES string of the molecule is COC(=O)Nc1ccccc1-c1ccccc1C(=O)OC. The van der Waals surface area contributed by atoms with Crippen molar-refractivity contribution in [2.45, 2.75) is 0 Å². The maximum Gasteiger partial charge on any atom is 0.411 e. The summed E-state index contributed by atoms with van der Waals surface area (Å²) in [7, 11) is 2.62. The minimum absolute atomic E-state index is 0.430. The molecule has 0 aliphatic carbocycles. The largest absolute Gasteiger partial charge is 0.465 e. The van der Waals surface area contributed by atoms with Gasteiger partial charge in [0.2, 0.25) is 0 Å². The quantitative estimate of drug-likeness (QED) is 0.879. The summed E-state index contributed by atoms with van der Waals surface area (Å²) in [5.41, 5.74) is 2.38. The van der Waals surface area contributed by atoms with Crippen LogP contribution in [0.4, 0.5) is 10.5 Å². The highest BCUT2D eigenvalue weighted by Gasteiger charge is 2.15. The molecule has 0 bridgehead atoms. The highest BCUT2D eigenvalue weighted by atomic mass is 16.5. The Morgan fingerprint density at radius 2 is 1.48 bits per heavy atom. The van der Waals surface area contributed by atoms with E-state index in [4.69, 9.17) is 4.74 Å². The number of hydrogen-bond donors (Lipinski definition) is 1. The van der Waals surface area contributed by atoms with Gasteiger partial charge in [-0.25, -0.2) is 9.59 Å². The molecule has 0 radical (unpaired) electrons. The van der Waals surface area contributed by atoms with Crippen LogP contribution in [0, 0.1) is 0 Å². The third kappa shape index (κ3) is 3.20. The molecule has 1 amide bonds. The first-order valence-corrected chi connectivity index (χ1v) is 6.29. The number of ether oxygens (including phenoxy) is 2. The van der Waals surface area contributed by atoms with E-state index in [9.17, 15) is 9.59 Å². The fourth-order valence-electron chi connectivity index (χ4n) is 1.99. The van der Waals surface area contributed by atoms with Crippen LogP contribution >= 0.6 is 0 Å². The molecule has 2 rings (SSSR count). The van der Waals surface area contributed by atoms with Crippen LogP contribution in [0.15, 0.2) is 48.5 Å². The van der Waals surface area contributed by atoms with Gasteiger partial charge in [0.1, 0.15) is 0 Å². The number of rotatable bonds is 3. The van der Waals surface area contributed by atoms with Crippen LogP contribution in [0.1, 0.15) is 10.4 Å². The Hall–Kier alpha value is -2.82. The molecule has 21 heavy (non-hydrogen) atoms. The molecule has 5 heteroatoms. The van der Waals surface area contributed by atoms with Gasteiger partial charge in [-0.1, -0.05) is 36.4 Å². The molecule has 2 aromatic rings. The first-order valence-electron chi connectivity index (χ1n) is 6.29. The molecule has 2 aromatic carbocycles. The Balaban J connectivity index is 2.52. The van der Waals surface area contributed by atoms with Crippen LogP contribution in [0.3, 0.4) is 0 Å². The van der Waals surface area contributed by atoms with Gasteiger partial charge >= 0.3 is 12.1 Å². The number of amides is 1. The number of para-hydroxylation sites is 1. The summed E-state index contributed by atoms with van der Waals surface area (Å²) in [6.45, 7) is 0. The number of benzene rings is 2. The van der Waals surface area contributed by atoms with Crippen LogP contribution < -0.4 is 5.32 Å². The number of esters is 1. The summed E-state index contributed by atoms with van der Waals surface area (Å²) in [6.07, 6.45) is -0.571. The van der Waals surface area contributed by atoms with Crippen LogP contribution in [-0.2, 0) is 9.47 Å². The van der Waals surface area contributed by atoms with Gasteiger partial charge < -0.3 is 9.47 Å². The summed E-state index contributed by atoms with van der Waals surface area (Å²) in [5.74, 6) is -0.432. The van der Waals surface area contributed by atoms with Crippen molar-refractivity contribution in [3.63, 3.8) is 0 Å². The summed E-state index contributed by atoms with van der Waals surface area (Å²) in [5, 5.41) is 2.63. The molecule has 0 atom stereocenters. The molecule has 0 fully saturated rings. The van der Waals surface area contributed by atoms with Crippen LogP contribution in [-0.4, -0.2) is 26.3 Å². The van der Waals surface area contributed by atoms with Crippen molar-refractivity contribution >= 4 is 17.7 Å². The number of nitrogens with one attached hydrogen (secondary N) is 1. The minimum Gasteiger partial charge on any atom is -0.465 e. The zero-order valence-corrected chi connectivity index (χ0v) is 11.8. The van der Waals surface area contributed by atoms with Gasteiger partial charge in [0.25, 0.3) is 0 Å². The van der Waals surface area contributed by atoms with Gasteiger partial charge in [0, 0.05) is 5.56 Å². The highest BCUT2D eigenvalue weighted by molar-refractivity contribution is 6.00. The molecule has 0 saturated heterocycles. The van der Waals surface area contributed by atoms with E-state index in [-0.39, 0.29) is 0 Å². The predicted octanol–water partition coefficient (Wildman–Crippen LogP) is 3.32. The second-order valence-corrected chi connectivity index (χ2v) is 4.20. The van der Waals surface area contributed by atoms with Crippen molar-refractivity contribution in [1.82, 2.24) is 0 Å². The molecule has 0 aliphatic heterocycles. The second-order valence-electron chi connectivity index (χ2n) is 4.20. The lowest BCUT2D eigenvalue weighted by Crippen LogP contribution is -2.12. The van der Waals surface area contributed by atoms with Gasteiger partial charge in [-0.15, -0.1) is 0 Å². The Morgan fingerprint density at radius 1 is 0.857 bits per heavy atom. The first kappa shape index (κ1) is 14.6. The Labute approximate surface area is 122 Å². The standard InChI is InChI=1S/C16H15NO4/c1-20-15(18)13-9-4-3-7-11(13)12-8-5-6-10-14(12)17-16(19)21-2/h3-10H,1-2H3,(H,17,19). The molecule has 0 spiro atoms. The summed E-state index contributed by atoms with van der Waals surface area (Å²) < 4.78 is 9.39. The van der Waals surface area contributed by atoms with Crippen LogP contribution in [0.5, 0.6) is 0 Å². The lowest BCUT2D eigenvalue weighted by molar-refractivity contribution is 0.0601. The smallest absolute Gasteiger partial charge is 0.411 e. The fraction of sp³-hybridized carbons (Fsp3) is 0.125. The monoisotopic (exact) mass is 285 g/mol. The summed E-state index contributed by atoms with van der Waals surface area (Å²) in [4.78, 5) is 23.3. The van der Waals surface area contributed by atoms with Gasteiger partial charge in [-0.3, -0.25) is 5.32 Å². The third-order valence-corrected chi connectivity index (χ3v) is 2.97. The lowest BCUT2D eigenvalue weighted by Gasteiger charge is -2.13. The zero-order chi connectivity index (χ0) is 15.2. The van der Waals surface area contributed by atoms with Crippen molar-refractivity contribution in [2.75, 3.05) is 19.5 Å². The number of carbonyl (C=O) groups excluding carboxylic acids is 2. The fourth-order valence-corrected chi connectivity index (χ4v) is 1.99. The van der Waals surface area contributed by atoms with E-state index in [2.05, 4.69) is 10.1 Å². The second kappa shape index (κ2) is 6.56.